The van der Waals surface area contributed by atoms with E-state index in [1.807, 2.05) is 38.3 Å². The molecule has 27 heavy (non-hydrogen) atoms. The van der Waals surface area contributed by atoms with Crippen molar-refractivity contribution in [3.63, 3.8) is 0 Å². The second-order valence-corrected chi connectivity index (χ2v) is 9.28. The van der Waals surface area contributed by atoms with Crippen LogP contribution in [0.15, 0.2) is 40.1 Å². The van der Waals surface area contributed by atoms with Crippen LogP contribution in [0.3, 0.4) is 0 Å². The van der Waals surface area contributed by atoms with Gasteiger partial charge < -0.3 is 5.32 Å². The predicted molar refractivity (Wildman–Crippen MR) is 115 cm³/mol. The van der Waals surface area contributed by atoms with Crippen LogP contribution in [0.25, 0.3) is 10.2 Å². The number of aryl methyl sites for hydroxylation is 2. The van der Waals surface area contributed by atoms with Gasteiger partial charge in [0.25, 0.3) is 5.56 Å². The number of thiophene rings is 2. The number of amides is 1. The highest BCUT2D eigenvalue weighted by atomic mass is 32.2. The molecule has 142 valence electrons. The standard InChI is InChI=1S/C19H21N3O2S3/c1-5-8-22-18(24)16-11(2)13(4)27-17(16)21-19(22)26-10-15(23)20-12(3)14-7-6-9-25-14/h5-7,9,12H,1,8,10H2,2-4H3,(H,20,23). The molecule has 1 N–H and O–H groups in total. The van der Waals surface area contributed by atoms with Crippen LogP contribution in [-0.4, -0.2) is 21.2 Å². The molecule has 3 aromatic rings. The molecule has 3 heterocycles. The number of nitrogens with zero attached hydrogens (tertiary/aromatic N) is 2. The first-order chi connectivity index (χ1) is 12.9. The van der Waals surface area contributed by atoms with Crippen molar-refractivity contribution in [3.05, 3.63) is 55.8 Å². The van der Waals surface area contributed by atoms with Gasteiger partial charge in [0.15, 0.2) is 5.16 Å². The van der Waals surface area contributed by atoms with Gasteiger partial charge in [-0.15, -0.1) is 29.3 Å². The van der Waals surface area contributed by atoms with E-state index in [0.29, 0.717) is 17.1 Å². The molecule has 5 nitrogen and oxygen atoms in total. The fourth-order valence-electron chi connectivity index (χ4n) is 2.73. The molecule has 0 fully saturated rings. The number of hydrogen-bond donors (Lipinski definition) is 1. The summed E-state index contributed by atoms with van der Waals surface area (Å²) in [5.41, 5.74) is 0.904. The van der Waals surface area contributed by atoms with E-state index in [4.69, 9.17) is 0 Å². The summed E-state index contributed by atoms with van der Waals surface area (Å²) in [6, 6.07) is 3.93. The smallest absolute Gasteiger partial charge is 0.263 e. The maximum atomic E-state index is 12.9. The predicted octanol–water partition coefficient (Wildman–Crippen LogP) is 4.29. The molecule has 0 aliphatic carbocycles. The van der Waals surface area contributed by atoms with E-state index < -0.39 is 0 Å². The van der Waals surface area contributed by atoms with Crippen LogP contribution in [0.4, 0.5) is 0 Å². The molecule has 1 atom stereocenters. The number of hydrogen-bond acceptors (Lipinski definition) is 6. The largest absolute Gasteiger partial charge is 0.348 e. The molecule has 0 radical (unpaired) electrons. The molecule has 0 bridgehead atoms. The molecule has 1 amide bonds. The van der Waals surface area contributed by atoms with Crippen LogP contribution in [0.2, 0.25) is 0 Å². The Morgan fingerprint density at radius 3 is 2.93 bits per heavy atom. The SMILES string of the molecule is C=CCn1c(SCC(=O)NC(C)c2cccs2)nc2sc(C)c(C)c2c1=O. The number of rotatable bonds is 7. The van der Waals surface area contributed by atoms with Crippen molar-refractivity contribution >= 4 is 50.6 Å². The Morgan fingerprint density at radius 1 is 1.48 bits per heavy atom. The van der Waals surface area contributed by atoms with E-state index in [9.17, 15) is 9.59 Å². The maximum Gasteiger partial charge on any atom is 0.263 e. The second-order valence-electron chi connectivity index (χ2n) is 6.16. The van der Waals surface area contributed by atoms with Gasteiger partial charge in [-0.3, -0.25) is 14.2 Å². The van der Waals surface area contributed by atoms with Crippen LogP contribution < -0.4 is 10.9 Å². The molecule has 0 spiro atoms. The average Bonchev–Trinajstić information content (AvgIpc) is 3.25. The Balaban J connectivity index is 1.81. The van der Waals surface area contributed by atoms with Gasteiger partial charge in [0, 0.05) is 16.3 Å². The Kier molecular flexibility index (Phi) is 6.18. The minimum atomic E-state index is -0.0843. The van der Waals surface area contributed by atoms with Gasteiger partial charge in [0.2, 0.25) is 5.91 Å². The van der Waals surface area contributed by atoms with Crippen molar-refractivity contribution in [1.82, 2.24) is 14.9 Å². The Morgan fingerprint density at radius 2 is 2.26 bits per heavy atom. The van der Waals surface area contributed by atoms with E-state index in [-0.39, 0.29) is 23.3 Å². The Bertz CT molecular complexity index is 1030. The lowest BCUT2D eigenvalue weighted by Gasteiger charge is -2.13. The van der Waals surface area contributed by atoms with E-state index >= 15 is 0 Å². The minimum absolute atomic E-state index is 0.0356. The van der Waals surface area contributed by atoms with Crippen molar-refractivity contribution in [2.24, 2.45) is 0 Å². The molecule has 0 aliphatic heterocycles. The fourth-order valence-corrected chi connectivity index (χ4v) is 5.36. The number of nitrogens with one attached hydrogen (secondary N) is 1. The zero-order valence-corrected chi connectivity index (χ0v) is 17.9. The van der Waals surface area contributed by atoms with Crippen LogP contribution in [0, 0.1) is 13.8 Å². The van der Waals surface area contributed by atoms with Crippen LogP contribution in [-0.2, 0) is 11.3 Å². The average molecular weight is 420 g/mol. The third-order valence-corrected chi connectivity index (χ3v) is 7.38. The van der Waals surface area contributed by atoms with Crippen LogP contribution in [0.1, 0.15) is 28.3 Å². The molecule has 0 aromatic carbocycles. The first-order valence-electron chi connectivity index (χ1n) is 8.49. The van der Waals surface area contributed by atoms with Crippen LogP contribution in [0.5, 0.6) is 0 Å². The highest BCUT2D eigenvalue weighted by Gasteiger charge is 2.18. The first-order valence-corrected chi connectivity index (χ1v) is 11.2. The van der Waals surface area contributed by atoms with Crippen molar-refractivity contribution < 1.29 is 4.79 Å². The molecular formula is C19H21N3O2S3. The molecular weight excluding hydrogens is 398 g/mol. The van der Waals surface area contributed by atoms with Gasteiger partial charge >= 0.3 is 0 Å². The summed E-state index contributed by atoms with van der Waals surface area (Å²) in [7, 11) is 0. The van der Waals surface area contributed by atoms with E-state index in [1.54, 1.807) is 22.0 Å². The first kappa shape index (κ1) is 19.9. The lowest BCUT2D eigenvalue weighted by molar-refractivity contribution is -0.119. The van der Waals surface area contributed by atoms with E-state index in [2.05, 4.69) is 16.9 Å². The molecule has 3 aromatic heterocycles. The second kappa shape index (κ2) is 8.41. The number of allylic oxidation sites excluding steroid dienone is 1. The van der Waals surface area contributed by atoms with Gasteiger partial charge in [-0.2, -0.15) is 0 Å². The summed E-state index contributed by atoms with van der Waals surface area (Å²) in [6.07, 6.45) is 1.67. The topological polar surface area (TPSA) is 64.0 Å². The van der Waals surface area contributed by atoms with E-state index in [1.165, 1.54) is 23.1 Å². The van der Waals surface area contributed by atoms with E-state index in [0.717, 1.165) is 20.1 Å². The molecule has 0 aliphatic rings. The van der Waals surface area contributed by atoms with Crippen molar-refractivity contribution in [3.8, 4) is 0 Å². The zero-order valence-electron chi connectivity index (χ0n) is 15.4. The third-order valence-electron chi connectivity index (χ3n) is 4.25. The summed E-state index contributed by atoms with van der Waals surface area (Å²) < 4.78 is 1.59. The quantitative estimate of drug-likeness (QED) is 0.352. The highest BCUT2D eigenvalue weighted by Crippen LogP contribution is 2.28. The Hall–Kier alpha value is -1.90. The minimum Gasteiger partial charge on any atom is -0.348 e. The van der Waals surface area contributed by atoms with Gasteiger partial charge in [0.1, 0.15) is 4.83 Å². The maximum absolute atomic E-state index is 12.9. The summed E-state index contributed by atoms with van der Waals surface area (Å²) in [5, 5.41) is 6.19. The molecule has 0 saturated heterocycles. The molecule has 8 heteroatoms. The molecule has 1 unspecified atom stereocenters. The number of aromatic nitrogens is 2. The fraction of sp³-hybridized carbons (Fsp3) is 0.316. The molecule has 0 saturated carbocycles. The van der Waals surface area contributed by atoms with Crippen molar-refractivity contribution in [1.29, 1.82) is 0 Å². The number of carbonyl (C=O) groups excluding carboxylic acids is 1. The number of thioether (sulfide) groups is 1. The van der Waals surface area contributed by atoms with Crippen LogP contribution >= 0.6 is 34.4 Å². The third kappa shape index (κ3) is 4.17. The van der Waals surface area contributed by atoms with Gasteiger partial charge in [-0.1, -0.05) is 23.9 Å². The van der Waals surface area contributed by atoms with Crippen molar-refractivity contribution in [2.75, 3.05) is 5.75 Å². The molecule has 3 rings (SSSR count). The van der Waals surface area contributed by atoms with Crippen molar-refractivity contribution in [2.45, 2.75) is 38.5 Å². The van der Waals surface area contributed by atoms with Gasteiger partial charge in [-0.25, -0.2) is 4.98 Å². The number of fused-ring (bicyclic) bond motifs is 1. The summed E-state index contributed by atoms with van der Waals surface area (Å²) in [5.74, 6) is 0.118. The Labute approximate surface area is 170 Å². The summed E-state index contributed by atoms with van der Waals surface area (Å²) in [6.45, 7) is 10.0. The highest BCUT2D eigenvalue weighted by molar-refractivity contribution is 7.99. The summed E-state index contributed by atoms with van der Waals surface area (Å²) in [4.78, 5) is 32.8. The lowest BCUT2D eigenvalue weighted by atomic mass is 10.2. The zero-order chi connectivity index (χ0) is 19.6. The summed E-state index contributed by atoms with van der Waals surface area (Å²) >= 11 is 4.41. The van der Waals surface area contributed by atoms with Gasteiger partial charge in [0.05, 0.1) is 17.2 Å². The normalized spacial score (nSPS) is 12.3. The van der Waals surface area contributed by atoms with Gasteiger partial charge in [-0.05, 0) is 37.8 Å². The lowest BCUT2D eigenvalue weighted by Crippen LogP contribution is -2.28. The number of carbonyl (C=O) groups is 1. The monoisotopic (exact) mass is 419 g/mol.